The summed E-state index contributed by atoms with van der Waals surface area (Å²) >= 11 is 5.81. The molecule has 0 aliphatic carbocycles. The summed E-state index contributed by atoms with van der Waals surface area (Å²) < 4.78 is 13.7. The van der Waals surface area contributed by atoms with E-state index in [1.807, 2.05) is 0 Å². The molecule has 5 nitrogen and oxygen atoms in total. The minimum absolute atomic E-state index is 0.125. The number of nitrogens with zero attached hydrogens (tertiary/aromatic N) is 3. The molecule has 23 heavy (non-hydrogen) atoms. The minimum atomic E-state index is -0.480. The van der Waals surface area contributed by atoms with Crippen LogP contribution in [-0.2, 0) is 0 Å². The number of rotatable bonds is 3. The SMILES string of the molecule is O=C(c1ccccc1F)N1CCC(Nc2cncc(Cl)n2)CC1. The molecule has 2 heterocycles. The van der Waals surface area contributed by atoms with E-state index < -0.39 is 5.82 Å². The van der Waals surface area contributed by atoms with Crippen molar-refractivity contribution >= 4 is 23.3 Å². The molecular weight excluding hydrogens is 319 g/mol. The van der Waals surface area contributed by atoms with Gasteiger partial charge in [0.05, 0.1) is 18.0 Å². The molecule has 0 bridgehead atoms. The quantitative estimate of drug-likeness (QED) is 0.937. The number of nitrogens with one attached hydrogen (secondary N) is 1. The fourth-order valence-electron chi connectivity index (χ4n) is 2.65. The Balaban J connectivity index is 1.58. The van der Waals surface area contributed by atoms with Gasteiger partial charge in [-0.05, 0) is 25.0 Å². The maximum absolute atomic E-state index is 13.7. The van der Waals surface area contributed by atoms with Crippen LogP contribution in [0.4, 0.5) is 10.2 Å². The Bertz CT molecular complexity index is 704. The number of aromatic nitrogens is 2. The molecule has 1 aromatic heterocycles. The molecule has 1 aliphatic heterocycles. The zero-order valence-electron chi connectivity index (χ0n) is 12.4. The molecule has 1 N–H and O–H groups in total. The highest BCUT2D eigenvalue weighted by Gasteiger charge is 2.25. The molecule has 1 aliphatic rings. The molecule has 1 aromatic carbocycles. The molecule has 3 rings (SSSR count). The number of amides is 1. The third-order valence-electron chi connectivity index (χ3n) is 3.84. The summed E-state index contributed by atoms with van der Waals surface area (Å²) in [7, 11) is 0. The van der Waals surface area contributed by atoms with Crippen molar-refractivity contribution in [2.45, 2.75) is 18.9 Å². The molecule has 1 fully saturated rings. The number of carbonyl (C=O) groups excluding carboxylic acids is 1. The summed E-state index contributed by atoms with van der Waals surface area (Å²) in [5.74, 6) is -0.118. The van der Waals surface area contributed by atoms with Gasteiger partial charge >= 0.3 is 0 Å². The fraction of sp³-hybridized carbons (Fsp3) is 0.312. The van der Waals surface area contributed by atoms with Crippen LogP contribution in [0, 0.1) is 5.82 Å². The second kappa shape index (κ2) is 6.91. The molecule has 120 valence electrons. The lowest BCUT2D eigenvalue weighted by molar-refractivity contribution is 0.0713. The van der Waals surface area contributed by atoms with Crippen molar-refractivity contribution in [2.75, 3.05) is 18.4 Å². The smallest absolute Gasteiger partial charge is 0.256 e. The molecule has 0 atom stereocenters. The van der Waals surface area contributed by atoms with E-state index in [4.69, 9.17) is 11.6 Å². The van der Waals surface area contributed by atoms with E-state index in [-0.39, 0.29) is 17.5 Å². The first-order valence-electron chi connectivity index (χ1n) is 7.41. The Kier molecular flexibility index (Phi) is 4.71. The first kappa shape index (κ1) is 15.7. The standard InChI is InChI=1S/C16H16ClFN4O/c17-14-9-19-10-15(21-14)20-11-5-7-22(8-6-11)16(23)12-3-1-2-4-13(12)18/h1-4,9-11H,5-8H2,(H,20,21). The normalized spacial score (nSPS) is 15.5. The van der Waals surface area contributed by atoms with Gasteiger partial charge in [-0.3, -0.25) is 9.78 Å². The molecule has 7 heteroatoms. The average molecular weight is 335 g/mol. The zero-order valence-corrected chi connectivity index (χ0v) is 13.1. The molecule has 0 spiro atoms. The number of anilines is 1. The zero-order chi connectivity index (χ0) is 16.2. The Morgan fingerprint density at radius 2 is 2.00 bits per heavy atom. The predicted molar refractivity (Wildman–Crippen MR) is 86.0 cm³/mol. The summed E-state index contributed by atoms with van der Waals surface area (Å²) in [4.78, 5) is 22.2. The van der Waals surface area contributed by atoms with Crippen molar-refractivity contribution in [2.24, 2.45) is 0 Å². The Hall–Kier alpha value is -2.21. The van der Waals surface area contributed by atoms with E-state index in [1.165, 1.54) is 18.3 Å². The van der Waals surface area contributed by atoms with Gasteiger partial charge < -0.3 is 10.2 Å². The van der Waals surface area contributed by atoms with E-state index in [0.29, 0.717) is 24.1 Å². The van der Waals surface area contributed by atoms with Crippen molar-refractivity contribution in [1.82, 2.24) is 14.9 Å². The summed E-state index contributed by atoms with van der Waals surface area (Å²) in [5, 5.41) is 3.60. The number of benzene rings is 1. The second-order valence-electron chi connectivity index (χ2n) is 5.42. The van der Waals surface area contributed by atoms with Gasteiger partial charge in [-0.15, -0.1) is 0 Å². The lowest BCUT2D eigenvalue weighted by atomic mass is 10.0. The number of likely N-dealkylation sites (tertiary alicyclic amines) is 1. The maximum atomic E-state index is 13.7. The van der Waals surface area contributed by atoms with Gasteiger partial charge in [0.15, 0.2) is 0 Å². The third-order valence-corrected chi connectivity index (χ3v) is 4.03. The fourth-order valence-corrected chi connectivity index (χ4v) is 2.80. The van der Waals surface area contributed by atoms with Crippen LogP contribution < -0.4 is 5.32 Å². The molecule has 1 saturated heterocycles. The van der Waals surface area contributed by atoms with Crippen molar-refractivity contribution < 1.29 is 9.18 Å². The Morgan fingerprint density at radius 3 is 2.70 bits per heavy atom. The highest BCUT2D eigenvalue weighted by atomic mass is 35.5. The largest absolute Gasteiger partial charge is 0.366 e. The number of halogens is 2. The third kappa shape index (κ3) is 3.76. The number of piperidine rings is 1. The van der Waals surface area contributed by atoms with E-state index in [9.17, 15) is 9.18 Å². The van der Waals surface area contributed by atoms with Crippen LogP contribution >= 0.6 is 11.6 Å². The molecule has 1 amide bonds. The van der Waals surface area contributed by atoms with Crippen molar-refractivity contribution in [3.05, 3.63) is 53.2 Å². The molecule has 2 aromatic rings. The number of carbonyl (C=O) groups is 1. The van der Waals surface area contributed by atoms with E-state index in [2.05, 4.69) is 15.3 Å². The summed E-state index contributed by atoms with van der Waals surface area (Å²) in [6.45, 7) is 1.14. The highest BCUT2D eigenvalue weighted by Crippen LogP contribution is 2.18. The molecule has 0 radical (unpaired) electrons. The highest BCUT2D eigenvalue weighted by molar-refractivity contribution is 6.29. The van der Waals surface area contributed by atoms with Crippen LogP contribution in [0.15, 0.2) is 36.7 Å². The second-order valence-corrected chi connectivity index (χ2v) is 5.80. The number of hydrogen-bond acceptors (Lipinski definition) is 4. The van der Waals surface area contributed by atoms with Crippen LogP contribution in [-0.4, -0.2) is 39.9 Å². The van der Waals surface area contributed by atoms with Crippen LogP contribution in [0.1, 0.15) is 23.2 Å². The van der Waals surface area contributed by atoms with Gasteiger partial charge in [0, 0.05) is 19.1 Å². The van der Waals surface area contributed by atoms with Crippen LogP contribution in [0.5, 0.6) is 0 Å². The van der Waals surface area contributed by atoms with Gasteiger partial charge in [0.1, 0.15) is 16.8 Å². The van der Waals surface area contributed by atoms with Gasteiger partial charge in [0.25, 0.3) is 5.91 Å². The summed E-state index contributed by atoms with van der Waals surface area (Å²) in [6.07, 6.45) is 4.61. The van der Waals surface area contributed by atoms with Crippen molar-refractivity contribution in [3.63, 3.8) is 0 Å². The first-order chi connectivity index (χ1) is 11.1. The van der Waals surface area contributed by atoms with Gasteiger partial charge in [-0.1, -0.05) is 23.7 Å². The molecular formula is C16H16ClFN4O. The van der Waals surface area contributed by atoms with Gasteiger partial charge in [0.2, 0.25) is 0 Å². The lowest BCUT2D eigenvalue weighted by Gasteiger charge is -2.32. The summed E-state index contributed by atoms with van der Waals surface area (Å²) in [5.41, 5.74) is 0.125. The topological polar surface area (TPSA) is 58.1 Å². The van der Waals surface area contributed by atoms with E-state index >= 15 is 0 Å². The minimum Gasteiger partial charge on any atom is -0.366 e. The van der Waals surface area contributed by atoms with Gasteiger partial charge in [-0.25, -0.2) is 9.37 Å². The molecule has 0 unspecified atom stereocenters. The van der Waals surface area contributed by atoms with Crippen LogP contribution in [0.2, 0.25) is 5.15 Å². The average Bonchev–Trinajstić information content (AvgIpc) is 2.55. The van der Waals surface area contributed by atoms with Crippen LogP contribution in [0.25, 0.3) is 0 Å². The number of hydrogen-bond donors (Lipinski definition) is 1. The maximum Gasteiger partial charge on any atom is 0.256 e. The predicted octanol–water partition coefficient (Wildman–Crippen LogP) is 2.99. The monoisotopic (exact) mass is 334 g/mol. The van der Waals surface area contributed by atoms with E-state index in [0.717, 1.165) is 12.8 Å². The van der Waals surface area contributed by atoms with Crippen LogP contribution in [0.3, 0.4) is 0 Å². The first-order valence-corrected chi connectivity index (χ1v) is 7.79. The molecule has 0 saturated carbocycles. The van der Waals surface area contributed by atoms with E-state index in [1.54, 1.807) is 23.2 Å². The van der Waals surface area contributed by atoms with Crippen molar-refractivity contribution in [3.8, 4) is 0 Å². The lowest BCUT2D eigenvalue weighted by Crippen LogP contribution is -2.42. The van der Waals surface area contributed by atoms with Gasteiger partial charge in [-0.2, -0.15) is 0 Å². The summed E-state index contributed by atoms with van der Waals surface area (Å²) in [6, 6.07) is 6.26. The Morgan fingerprint density at radius 1 is 1.26 bits per heavy atom. The Labute approximate surface area is 138 Å². The van der Waals surface area contributed by atoms with Crippen molar-refractivity contribution in [1.29, 1.82) is 0 Å².